The Morgan fingerprint density at radius 3 is 2.72 bits per heavy atom. The van der Waals surface area contributed by atoms with Crippen molar-refractivity contribution in [3.8, 4) is 5.75 Å². The third-order valence-corrected chi connectivity index (χ3v) is 3.29. The maximum Gasteiger partial charge on any atom is 0.246 e. The normalized spacial score (nSPS) is 11.0. The lowest BCUT2D eigenvalue weighted by Gasteiger charge is -2.06. The van der Waals surface area contributed by atoms with E-state index in [1.165, 1.54) is 0 Å². The number of benzene rings is 2. The van der Waals surface area contributed by atoms with Gasteiger partial charge < -0.3 is 9.94 Å². The predicted octanol–water partition coefficient (Wildman–Crippen LogP) is 2.79. The van der Waals surface area contributed by atoms with Gasteiger partial charge in [0, 0.05) is 10.5 Å². The van der Waals surface area contributed by atoms with Crippen LogP contribution in [0.1, 0.15) is 0 Å². The fourth-order valence-corrected chi connectivity index (χ4v) is 2.25. The highest BCUT2D eigenvalue weighted by Gasteiger charge is 2.12. The van der Waals surface area contributed by atoms with Crippen molar-refractivity contribution in [2.75, 3.05) is 7.11 Å². The molecule has 4 nitrogen and oxygen atoms in total. The van der Waals surface area contributed by atoms with Crippen LogP contribution in [0.5, 0.6) is 5.75 Å². The Balaban J connectivity index is 2.44. The quantitative estimate of drug-likeness (QED) is 0.394. The van der Waals surface area contributed by atoms with Gasteiger partial charge in [0.1, 0.15) is 16.8 Å². The molecule has 90 valence electrons. The zero-order chi connectivity index (χ0) is 12.7. The second-order valence-corrected chi connectivity index (χ2v) is 4.81. The standard InChI is InChI=1S/C13H9BrN2O2/c1-18-9-3-4-10-13(7-9)16(17)12-5-2-8(14)6-11(12)15-10/h2-7H,1H3. The second kappa shape index (κ2) is 4.10. The van der Waals surface area contributed by atoms with Gasteiger partial charge in [-0.15, -0.1) is 0 Å². The van der Waals surface area contributed by atoms with Crippen molar-refractivity contribution in [1.82, 2.24) is 4.98 Å². The van der Waals surface area contributed by atoms with E-state index in [-0.39, 0.29) is 0 Å². The number of aromatic nitrogens is 2. The number of fused-ring (bicyclic) bond motifs is 2. The van der Waals surface area contributed by atoms with Crippen LogP contribution in [-0.2, 0) is 0 Å². The average molecular weight is 305 g/mol. The van der Waals surface area contributed by atoms with Crippen molar-refractivity contribution in [1.29, 1.82) is 0 Å². The highest BCUT2D eigenvalue weighted by atomic mass is 79.9. The maximum absolute atomic E-state index is 12.3. The Morgan fingerprint density at radius 2 is 1.94 bits per heavy atom. The molecule has 0 N–H and O–H groups in total. The van der Waals surface area contributed by atoms with Crippen LogP contribution in [0.3, 0.4) is 0 Å². The molecule has 0 bridgehead atoms. The summed E-state index contributed by atoms with van der Waals surface area (Å²) in [5, 5.41) is 12.3. The smallest absolute Gasteiger partial charge is 0.246 e. The highest BCUT2D eigenvalue weighted by Crippen LogP contribution is 2.21. The minimum Gasteiger partial charge on any atom is -0.618 e. The molecule has 3 aromatic rings. The van der Waals surface area contributed by atoms with Crippen LogP contribution in [-0.4, -0.2) is 12.1 Å². The molecule has 0 unspecified atom stereocenters. The summed E-state index contributed by atoms with van der Waals surface area (Å²) in [4.78, 5) is 4.47. The molecule has 3 rings (SSSR count). The Bertz CT molecular complexity index is 759. The number of ether oxygens (including phenoxy) is 1. The van der Waals surface area contributed by atoms with Crippen molar-refractivity contribution in [3.05, 3.63) is 46.1 Å². The Hall–Kier alpha value is -1.88. The summed E-state index contributed by atoms with van der Waals surface area (Å²) < 4.78 is 6.90. The van der Waals surface area contributed by atoms with Crippen LogP contribution in [0.25, 0.3) is 22.1 Å². The largest absolute Gasteiger partial charge is 0.618 e. The maximum atomic E-state index is 12.3. The molecule has 0 aliphatic rings. The van der Waals surface area contributed by atoms with Crippen LogP contribution in [0.15, 0.2) is 40.9 Å². The molecule has 0 radical (unpaired) electrons. The number of halogens is 1. The first-order valence-corrected chi connectivity index (χ1v) is 6.15. The molecule has 0 amide bonds. The molecule has 1 aromatic heterocycles. The van der Waals surface area contributed by atoms with Crippen LogP contribution in [0.2, 0.25) is 0 Å². The van der Waals surface area contributed by atoms with Crippen molar-refractivity contribution in [2.24, 2.45) is 0 Å². The molecule has 1 heterocycles. The molecule has 2 aromatic carbocycles. The minimum absolute atomic E-state index is 0.504. The highest BCUT2D eigenvalue weighted by molar-refractivity contribution is 9.10. The summed E-state index contributed by atoms with van der Waals surface area (Å²) in [7, 11) is 1.57. The fourth-order valence-electron chi connectivity index (χ4n) is 1.90. The number of rotatable bonds is 1. The molecule has 0 fully saturated rings. The van der Waals surface area contributed by atoms with Gasteiger partial charge in [0.05, 0.1) is 13.2 Å². The average Bonchev–Trinajstić information content (AvgIpc) is 2.38. The zero-order valence-corrected chi connectivity index (χ0v) is 11.1. The number of nitrogens with zero attached hydrogens (tertiary/aromatic N) is 2. The Kier molecular flexibility index (Phi) is 2.56. The summed E-state index contributed by atoms with van der Waals surface area (Å²) in [6, 6.07) is 10.7. The van der Waals surface area contributed by atoms with Gasteiger partial charge >= 0.3 is 0 Å². The van der Waals surface area contributed by atoms with Gasteiger partial charge in [-0.25, -0.2) is 4.98 Å². The first-order chi connectivity index (χ1) is 8.69. The lowest BCUT2D eigenvalue weighted by molar-refractivity contribution is -0.548. The number of hydrogen-bond donors (Lipinski definition) is 0. The minimum atomic E-state index is 0.504. The fraction of sp³-hybridized carbons (Fsp3) is 0.0769. The summed E-state index contributed by atoms with van der Waals surface area (Å²) in [5.41, 5.74) is 2.36. The zero-order valence-electron chi connectivity index (χ0n) is 9.55. The van der Waals surface area contributed by atoms with E-state index >= 15 is 0 Å². The Morgan fingerprint density at radius 1 is 1.11 bits per heavy atom. The first kappa shape index (κ1) is 11.2. The molecule has 0 saturated carbocycles. The first-order valence-electron chi connectivity index (χ1n) is 5.35. The molecule has 0 aliphatic carbocycles. The SMILES string of the molecule is COc1ccc2nc3cc(Br)ccc3[n+]([O-])c2c1. The summed E-state index contributed by atoms with van der Waals surface area (Å²) in [5.74, 6) is 0.644. The van der Waals surface area contributed by atoms with Gasteiger partial charge in [-0.2, -0.15) is 4.73 Å². The van der Waals surface area contributed by atoms with Crippen molar-refractivity contribution in [2.45, 2.75) is 0 Å². The predicted molar refractivity (Wildman–Crippen MR) is 72.5 cm³/mol. The molecule has 0 saturated heterocycles. The third-order valence-electron chi connectivity index (χ3n) is 2.80. The summed E-state index contributed by atoms with van der Waals surface area (Å²) in [6.45, 7) is 0. The molecule has 0 spiro atoms. The summed E-state index contributed by atoms with van der Waals surface area (Å²) >= 11 is 3.37. The topological polar surface area (TPSA) is 49.1 Å². The third kappa shape index (κ3) is 1.67. The molecule has 5 heteroatoms. The van der Waals surface area contributed by atoms with Crippen molar-refractivity contribution in [3.63, 3.8) is 0 Å². The lowest BCUT2D eigenvalue weighted by atomic mass is 10.2. The van der Waals surface area contributed by atoms with E-state index < -0.39 is 0 Å². The van der Waals surface area contributed by atoms with E-state index in [0.717, 1.165) is 9.20 Å². The molecular formula is C13H9BrN2O2. The van der Waals surface area contributed by atoms with Gasteiger partial charge in [0.25, 0.3) is 0 Å². The van der Waals surface area contributed by atoms with E-state index in [1.54, 1.807) is 31.4 Å². The van der Waals surface area contributed by atoms with E-state index in [2.05, 4.69) is 20.9 Å². The molecule has 18 heavy (non-hydrogen) atoms. The van der Waals surface area contributed by atoms with E-state index in [4.69, 9.17) is 4.74 Å². The van der Waals surface area contributed by atoms with Gasteiger partial charge in [0.15, 0.2) is 0 Å². The van der Waals surface area contributed by atoms with E-state index in [9.17, 15) is 5.21 Å². The van der Waals surface area contributed by atoms with Crippen molar-refractivity contribution >= 4 is 38.0 Å². The monoisotopic (exact) mass is 304 g/mol. The van der Waals surface area contributed by atoms with Crippen LogP contribution in [0.4, 0.5) is 0 Å². The Labute approximate surface area is 112 Å². The van der Waals surface area contributed by atoms with Gasteiger partial charge in [-0.1, -0.05) is 15.9 Å². The van der Waals surface area contributed by atoms with Crippen LogP contribution in [0, 0.1) is 5.21 Å². The van der Waals surface area contributed by atoms with Crippen LogP contribution >= 0.6 is 15.9 Å². The van der Waals surface area contributed by atoms with Gasteiger partial charge in [-0.05, 0) is 24.3 Å². The number of hydrogen-bond acceptors (Lipinski definition) is 3. The molecule has 0 atom stereocenters. The van der Waals surface area contributed by atoms with Crippen molar-refractivity contribution < 1.29 is 9.47 Å². The molecule has 0 aliphatic heterocycles. The van der Waals surface area contributed by atoms with E-state index in [0.29, 0.717) is 27.8 Å². The molecular weight excluding hydrogens is 296 g/mol. The van der Waals surface area contributed by atoms with Crippen LogP contribution < -0.4 is 9.47 Å². The van der Waals surface area contributed by atoms with E-state index in [1.807, 2.05) is 12.1 Å². The van der Waals surface area contributed by atoms with Gasteiger partial charge in [-0.3, -0.25) is 0 Å². The van der Waals surface area contributed by atoms with Gasteiger partial charge in [0.2, 0.25) is 11.0 Å². The number of methoxy groups -OCH3 is 1. The lowest BCUT2D eigenvalue weighted by Crippen LogP contribution is -2.28. The second-order valence-electron chi connectivity index (χ2n) is 3.89. The summed E-state index contributed by atoms with van der Waals surface area (Å²) in [6.07, 6.45) is 0.